The Hall–Kier alpha value is -2.54. The number of primary amides is 1. The zero-order chi connectivity index (χ0) is 17.3. The summed E-state index contributed by atoms with van der Waals surface area (Å²) >= 11 is 1.27. The Balaban J connectivity index is 2.20. The van der Waals surface area contributed by atoms with E-state index in [0.717, 1.165) is 22.6 Å². The van der Waals surface area contributed by atoms with Gasteiger partial charge in [-0.15, -0.1) is 10.2 Å². The second-order valence-corrected chi connectivity index (χ2v) is 6.45. The zero-order valence-corrected chi connectivity index (χ0v) is 14.6. The maximum Gasteiger partial charge on any atom is 0.227 e. The number of aryl methyl sites for hydroxylation is 2. The molecule has 2 N–H and O–H groups in total. The Morgan fingerprint density at radius 2 is 2.04 bits per heavy atom. The van der Waals surface area contributed by atoms with E-state index >= 15 is 0 Å². The van der Waals surface area contributed by atoms with Crippen LogP contribution in [0.15, 0.2) is 40.1 Å². The molecule has 0 saturated heterocycles. The van der Waals surface area contributed by atoms with Gasteiger partial charge in [0.2, 0.25) is 5.91 Å². The summed E-state index contributed by atoms with van der Waals surface area (Å²) in [5.74, 6) is 1.20. The van der Waals surface area contributed by atoms with E-state index in [4.69, 9.17) is 10.2 Å². The molecule has 0 radical (unpaired) electrons. The normalized spacial score (nSPS) is 11.0. The largest absolute Gasteiger partial charge is 0.469 e. The monoisotopic (exact) mass is 342 g/mol. The molecule has 1 aromatic carbocycles. The lowest BCUT2D eigenvalue weighted by Gasteiger charge is -2.14. The first-order valence-corrected chi connectivity index (χ1v) is 8.45. The van der Waals surface area contributed by atoms with Crippen LogP contribution in [0.5, 0.6) is 0 Å². The molecule has 0 bridgehead atoms. The van der Waals surface area contributed by atoms with Gasteiger partial charge in [0.25, 0.3) is 0 Å². The molecular formula is C17H18N4O2S. The molecule has 0 unspecified atom stereocenters. The molecule has 1 amide bonds. The van der Waals surface area contributed by atoms with Crippen LogP contribution in [0.3, 0.4) is 0 Å². The van der Waals surface area contributed by atoms with Gasteiger partial charge in [0, 0.05) is 0 Å². The summed E-state index contributed by atoms with van der Waals surface area (Å²) in [7, 11) is 0. The molecule has 0 saturated carbocycles. The fraction of sp³-hybridized carbons (Fsp3) is 0.235. The van der Waals surface area contributed by atoms with Gasteiger partial charge in [-0.25, -0.2) is 0 Å². The van der Waals surface area contributed by atoms with Gasteiger partial charge in [-0.3, -0.25) is 9.36 Å². The van der Waals surface area contributed by atoms with Crippen molar-refractivity contribution in [2.45, 2.75) is 25.9 Å². The first-order valence-electron chi connectivity index (χ1n) is 7.46. The van der Waals surface area contributed by atoms with Crippen molar-refractivity contribution in [2.75, 3.05) is 5.75 Å². The van der Waals surface area contributed by atoms with E-state index in [0.29, 0.717) is 11.0 Å². The van der Waals surface area contributed by atoms with E-state index in [-0.39, 0.29) is 5.75 Å². The van der Waals surface area contributed by atoms with Gasteiger partial charge < -0.3 is 10.2 Å². The van der Waals surface area contributed by atoms with Crippen molar-refractivity contribution in [3.8, 4) is 17.1 Å². The van der Waals surface area contributed by atoms with E-state index in [1.807, 2.05) is 29.7 Å². The highest BCUT2D eigenvalue weighted by atomic mass is 32.2. The fourth-order valence-electron chi connectivity index (χ4n) is 2.49. The quantitative estimate of drug-likeness (QED) is 0.720. The van der Waals surface area contributed by atoms with E-state index in [2.05, 4.69) is 30.1 Å². The van der Waals surface area contributed by atoms with Gasteiger partial charge in [0.1, 0.15) is 5.76 Å². The highest BCUT2D eigenvalue weighted by molar-refractivity contribution is 7.99. The number of amides is 1. The summed E-state index contributed by atoms with van der Waals surface area (Å²) in [5.41, 5.74) is 9.41. The molecule has 3 rings (SSSR count). The zero-order valence-electron chi connectivity index (χ0n) is 13.7. The number of benzene rings is 1. The molecule has 0 aliphatic carbocycles. The Bertz CT molecular complexity index is 898. The van der Waals surface area contributed by atoms with Crippen LogP contribution in [0, 0.1) is 20.8 Å². The molecule has 6 nitrogen and oxygen atoms in total. The lowest BCUT2D eigenvalue weighted by Crippen LogP contribution is -2.14. The second-order valence-electron chi connectivity index (χ2n) is 5.51. The van der Waals surface area contributed by atoms with Crippen molar-refractivity contribution >= 4 is 17.7 Å². The van der Waals surface area contributed by atoms with Gasteiger partial charge in [0.05, 0.1) is 23.3 Å². The number of nitrogens with two attached hydrogens (primary N) is 1. The summed E-state index contributed by atoms with van der Waals surface area (Å²) in [6.07, 6.45) is 1.63. The first kappa shape index (κ1) is 16.3. The molecule has 3 aromatic rings. The van der Waals surface area contributed by atoms with Crippen LogP contribution >= 0.6 is 11.8 Å². The minimum absolute atomic E-state index is 0.146. The van der Waals surface area contributed by atoms with Crippen molar-refractivity contribution < 1.29 is 9.21 Å². The molecule has 0 fully saturated rings. The summed E-state index contributed by atoms with van der Waals surface area (Å²) in [5, 5.41) is 9.21. The number of carbonyl (C=O) groups excluding carboxylic acids is 1. The van der Waals surface area contributed by atoms with Crippen molar-refractivity contribution in [1.29, 1.82) is 0 Å². The maximum absolute atomic E-state index is 11.2. The van der Waals surface area contributed by atoms with Crippen LogP contribution in [0.25, 0.3) is 17.1 Å². The van der Waals surface area contributed by atoms with Crippen LogP contribution in [0.4, 0.5) is 0 Å². The lowest BCUT2D eigenvalue weighted by atomic mass is 10.1. The molecule has 7 heteroatoms. The Labute approximate surface area is 144 Å². The molecule has 24 heavy (non-hydrogen) atoms. The van der Waals surface area contributed by atoms with Crippen LogP contribution in [0.1, 0.15) is 16.9 Å². The average molecular weight is 342 g/mol. The molecule has 2 heterocycles. The van der Waals surface area contributed by atoms with Gasteiger partial charge in [0.15, 0.2) is 11.0 Å². The molecule has 2 aromatic heterocycles. The number of aromatic nitrogens is 3. The van der Waals surface area contributed by atoms with Crippen molar-refractivity contribution in [3.63, 3.8) is 0 Å². The summed E-state index contributed by atoms with van der Waals surface area (Å²) in [6, 6.07) is 7.93. The number of hydrogen-bond acceptors (Lipinski definition) is 5. The van der Waals surface area contributed by atoms with Crippen LogP contribution in [-0.4, -0.2) is 26.4 Å². The molecule has 0 atom stereocenters. The Morgan fingerprint density at radius 1 is 1.25 bits per heavy atom. The molecule has 124 valence electrons. The number of hydrogen-bond donors (Lipinski definition) is 1. The highest BCUT2D eigenvalue weighted by Crippen LogP contribution is 2.31. The predicted molar refractivity (Wildman–Crippen MR) is 93.2 cm³/mol. The predicted octanol–water partition coefficient (Wildman–Crippen LogP) is 3.03. The Kier molecular flexibility index (Phi) is 4.44. The lowest BCUT2D eigenvalue weighted by molar-refractivity contribution is -0.115. The van der Waals surface area contributed by atoms with Gasteiger partial charge >= 0.3 is 0 Å². The summed E-state index contributed by atoms with van der Waals surface area (Å²) in [4.78, 5) is 11.2. The third-order valence-electron chi connectivity index (χ3n) is 3.89. The van der Waals surface area contributed by atoms with E-state index in [9.17, 15) is 4.79 Å². The van der Waals surface area contributed by atoms with E-state index in [1.54, 1.807) is 6.26 Å². The van der Waals surface area contributed by atoms with Crippen molar-refractivity contribution in [3.05, 3.63) is 47.4 Å². The first-order chi connectivity index (χ1) is 11.5. The Morgan fingerprint density at radius 3 is 2.71 bits per heavy atom. The number of carbonyl (C=O) groups is 1. The third-order valence-corrected chi connectivity index (χ3v) is 4.84. The summed E-state index contributed by atoms with van der Waals surface area (Å²) in [6.45, 7) is 6.00. The smallest absolute Gasteiger partial charge is 0.227 e. The van der Waals surface area contributed by atoms with E-state index in [1.165, 1.54) is 17.3 Å². The van der Waals surface area contributed by atoms with E-state index < -0.39 is 5.91 Å². The van der Waals surface area contributed by atoms with Gasteiger partial charge in [-0.2, -0.15) is 0 Å². The minimum Gasteiger partial charge on any atom is -0.469 e. The number of thioether (sulfide) groups is 1. The topological polar surface area (TPSA) is 86.9 Å². The van der Waals surface area contributed by atoms with Crippen molar-refractivity contribution in [2.24, 2.45) is 5.73 Å². The van der Waals surface area contributed by atoms with Crippen LogP contribution < -0.4 is 5.73 Å². The van der Waals surface area contributed by atoms with Gasteiger partial charge in [-0.05, 0) is 44.0 Å². The number of furan rings is 1. The molecule has 0 aliphatic heterocycles. The molecular weight excluding hydrogens is 324 g/mol. The van der Waals surface area contributed by atoms with Crippen LogP contribution in [0.2, 0.25) is 0 Å². The van der Waals surface area contributed by atoms with Crippen LogP contribution in [-0.2, 0) is 4.79 Å². The third kappa shape index (κ3) is 2.94. The number of rotatable bonds is 5. The second kappa shape index (κ2) is 6.52. The standard InChI is InChI=1S/C17H18N4O2S/c1-10-5-4-6-14(11(10)2)21-16(13-7-8-23-12(13)3)19-20-17(21)24-9-15(18)22/h4-8H,9H2,1-3H3,(H2,18,22). The molecule has 0 spiro atoms. The van der Waals surface area contributed by atoms with Gasteiger partial charge in [-0.1, -0.05) is 23.9 Å². The fourth-order valence-corrected chi connectivity index (χ4v) is 3.17. The average Bonchev–Trinajstić information content (AvgIpc) is 3.13. The maximum atomic E-state index is 11.2. The molecule has 0 aliphatic rings. The summed E-state index contributed by atoms with van der Waals surface area (Å²) < 4.78 is 7.36. The SMILES string of the molecule is Cc1cccc(-n2c(SCC(N)=O)nnc2-c2ccoc2C)c1C. The number of nitrogens with zero attached hydrogens (tertiary/aromatic N) is 3. The highest BCUT2D eigenvalue weighted by Gasteiger charge is 2.20. The van der Waals surface area contributed by atoms with Crippen molar-refractivity contribution in [1.82, 2.24) is 14.8 Å². The minimum atomic E-state index is -0.392.